The van der Waals surface area contributed by atoms with Gasteiger partial charge in [-0.05, 0) is 32.1 Å². The van der Waals surface area contributed by atoms with Crippen LogP contribution in [0.1, 0.15) is 46.0 Å². The molecular weight excluding hydrogens is 188 g/mol. The van der Waals surface area contributed by atoms with Gasteiger partial charge in [0, 0.05) is 17.8 Å². The third-order valence-corrected chi connectivity index (χ3v) is 3.43. The zero-order valence-electron chi connectivity index (χ0n) is 9.68. The first-order valence-electron chi connectivity index (χ1n) is 6.07. The first-order valence-corrected chi connectivity index (χ1v) is 6.07. The molecular formula is C12H20N2O. The number of rotatable bonds is 2. The molecule has 2 aliphatic heterocycles. The van der Waals surface area contributed by atoms with Crippen LogP contribution >= 0.6 is 0 Å². The molecule has 0 aromatic rings. The summed E-state index contributed by atoms with van der Waals surface area (Å²) in [7, 11) is 0. The minimum atomic E-state index is 0.275. The second-order valence-corrected chi connectivity index (χ2v) is 4.32. The minimum Gasteiger partial charge on any atom is -0.368 e. The smallest absolute Gasteiger partial charge is 0.253 e. The van der Waals surface area contributed by atoms with E-state index in [4.69, 9.17) is 0 Å². The third-order valence-electron chi connectivity index (χ3n) is 3.43. The number of nitrogens with one attached hydrogen (secondary N) is 1. The van der Waals surface area contributed by atoms with E-state index in [1.807, 2.05) is 4.90 Å². The molecule has 1 unspecified atom stereocenters. The number of piperidine rings is 1. The van der Waals surface area contributed by atoms with Crippen molar-refractivity contribution in [3.8, 4) is 0 Å². The molecule has 2 rings (SSSR count). The fourth-order valence-corrected chi connectivity index (χ4v) is 2.60. The van der Waals surface area contributed by atoms with Gasteiger partial charge in [0.2, 0.25) is 0 Å². The van der Waals surface area contributed by atoms with Gasteiger partial charge in [-0.3, -0.25) is 4.79 Å². The third kappa shape index (κ3) is 1.75. The SMILES string of the molecule is CCC1=C(CC)C(=O)N2CCCCC2N1. The fourth-order valence-electron chi connectivity index (χ4n) is 2.60. The van der Waals surface area contributed by atoms with Crippen molar-refractivity contribution >= 4 is 5.91 Å². The Morgan fingerprint density at radius 1 is 1.33 bits per heavy atom. The number of hydrogen-bond donors (Lipinski definition) is 1. The van der Waals surface area contributed by atoms with Crippen LogP contribution in [-0.4, -0.2) is 23.5 Å². The van der Waals surface area contributed by atoms with Crippen LogP contribution < -0.4 is 5.32 Å². The number of nitrogens with zero attached hydrogens (tertiary/aromatic N) is 1. The first-order chi connectivity index (χ1) is 7.27. The van der Waals surface area contributed by atoms with Gasteiger partial charge in [-0.1, -0.05) is 13.8 Å². The summed E-state index contributed by atoms with van der Waals surface area (Å²) in [5, 5.41) is 3.52. The van der Waals surface area contributed by atoms with Gasteiger partial charge in [0.25, 0.3) is 5.91 Å². The molecule has 3 heteroatoms. The van der Waals surface area contributed by atoms with Crippen molar-refractivity contribution < 1.29 is 4.79 Å². The zero-order chi connectivity index (χ0) is 10.8. The normalized spacial score (nSPS) is 26.4. The van der Waals surface area contributed by atoms with Crippen molar-refractivity contribution in [3.05, 3.63) is 11.3 Å². The average Bonchev–Trinajstić information content (AvgIpc) is 2.29. The first kappa shape index (κ1) is 10.5. The summed E-state index contributed by atoms with van der Waals surface area (Å²) in [6.45, 7) is 5.11. The van der Waals surface area contributed by atoms with Crippen molar-refractivity contribution in [1.82, 2.24) is 10.2 Å². The Bertz CT molecular complexity index is 296. The van der Waals surface area contributed by atoms with E-state index in [9.17, 15) is 4.79 Å². The molecule has 1 amide bonds. The number of allylic oxidation sites excluding steroid dienone is 1. The molecule has 1 atom stereocenters. The van der Waals surface area contributed by atoms with Crippen molar-refractivity contribution in [2.45, 2.75) is 52.1 Å². The molecule has 0 bridgehead atoms. The van der Waals surface area contributed by atoms with Gasteiger partial charge in [0.05, 0.1) is 0 Å². The van der Waals surface area contributed by atoms with E-state index in [0.717, 1.165) is 37.8 Å². The highest BCUT2D eigenvalue weighted by Gasteiger charge is 2.33. The van der Waals surface area contributed by atoms with E-state index in [2.05, 4.69) is 19.2 Å². The van der Waals surface area contributed by atoms with Crippen molar-refractivity contribution in [3.63, 3.8) is 0 Å². The summed E-state index contributed by atoms with van der Waals surface area (Å²) in [5.41, 5.74) is 2.17. The van der Waals surface area contributed by atoms with Crippen LogP contribution in [0.5, 0.6) is 0 Å². The second-order valence-electron chi connectivity index (χ2n) is 4.32. The molecule has 0 aromatic heterocycles. The molecule has 0 saturated carbocycles. The molecule has 3 nitrogen and oxygen atoms in total. The van der Waals surface area contributed by atoms with Crippen LogP contribution in [0.3, 0.4) is 0 Å². The quantitative estimate of drug-likeness (QED) is 0.752. The Balaban J connectivity index is 2.27. The van der Waals surface area contributed by atoms with E-state index >= 15 is 0 Å². The molecule has 1 N–H and O–H groups in total. The summed E-state index contributed by atoms with van der Waals surface area (Å²) >= 11 is 0. The summed E-state index contributed by atoms with van der Waals surface area (Å²) in [4.78, 5) is 14.2. The van der Waals surface area contributed by atoms with Gasteiger partial charge in [0.1, 0.15) is 6.17 Å². The number of fused-ring (bicyclic) bond motifs is 1. The highest BCUT2D eigenvalue weighted by Crippen LogP contribution is 2.26. The summed E-state index contributed by atoms with van der Waals surface area (Å²) < 4.78 is 0. The Morgan fingerprint density at radius 3 is 2.80 bits per heavy atom. The van der Waals surface area contributed by atoms with Gasteiger partial charge in [-0.25, -0.2) is 0 Å². The summed E-state index contributed by atoms with van der Waals surface area (Å²) in [6.07, 6.45) is 5.56. The minimum absolute atomic E-state index is 0.275. The predicted octanol–water partition coefficient (Wildman–Crippen LogP) is 2.00. The predicted molar refractivity (Wildman–Crippen MR) is 60.1 cm³/mol. The average molecular weight is 208 g/mol. The molecule has 2 heterocycles. The summed E-state index contributed by atoms with van der Waals surface area (Å²) in [5.74, 6) is 0.276. The van der Waals surface area contributed by atoms with Crippen LogP contribution in [-0.2, 0) is 4.79 Å². The Kier molecular flexibility index (Phi) is 2.98. The van der Waals surface area contributed by atoms with Crippen LogP contribution in [0.4, 0.5) is 0 Å². The maximum absolute atomic E-state index is 12.2. The Morgan fingerprint density at radius 2 is 2.13 bits per heavy atom. The Hall–Kier alpha value is -0.990. The van der Waals surface area contributed by atoms with Crippen molar-refractivity contribution in [2.24, 2.45) is 0 Å². The van der Waals surface area contributed by atoms with Crippen LogP contribution in [0.15, 0.2) is 11.3 Å². The Labute approximate surface area is 91.5 Å². The molecule has 0 radical (unpaired) electrons. The monoisotopic (exact) mass is 208 g/mol. The number of carbonyl (C=O) groups is 1. The molecule has 84 valence electrons. The zero-order valence-corrected chi connectivity index (χ0v) is 9.68. The van der Waals surface area contributed by atoms with Gasteiger partial charge < -0.3 is 10.2 Å². The van der Waals surface area contributed by atoms with Gasteiger partial charge in [-0.15, -0.1) is 0 Å². The van der Waals surface area contributed by atoms with Crippen molar-refractivity contribution in [2.75, 3.05) is 6.54 Å². The van der Waals surface area contributed by atoms with Crippen LogP contribution in [0.25, 0.3) is 0 Å². The highest BCUT2D eigenvalue weighted by atomic mass is 16.2. The maximum atomic E-state index is 12.2. The van der Waals surface area contributed by atoms with E-state index in [0.29, 0.717) is 0 Å². The lowest BCUT2D eigenvalue weighted by Crippen LogP contribution is -2.55. The number of carbonyl (C=O) groups excluding carboxylic acids is 1. The molecule has 2 aliphatic rings. The van der Waals surface area contributed by atoms with E-state index in [1.165, 1.54) is 12.1 Å². The molecule has 0 aliphatic carbocycles. The van der Waals surface area contributed by atoms with Gasteiger partial charge in [-0.2, -0.15) is 0 Å². The van der Waals surface area contributed by atoms with Gasteiger partial charge in [0.15, 0.2) is 0 Å². The maximum Gasteiger partial charge on any atom is 0.253 e. The molecule has 1 fully saturated rings. The van der Waals surface area contributed by atoms with Crippen molar-refractivity contribution in [1.29, 1.82) is 0 Å². The molecule has 0 aromatic carbocycles. The highest BCUT2D eigenvalue weighted by molar-refractivity contribution is 5.95. The topological polar surface area (TPSA) is 32.3 Å². The van der Waals surface area contributed by atoms with Crippen LogP contribution in [0.2, 0.25) is 0 Å². The molecule has 0 spiro atoms. The number of amides is 1. The van der Waals surface area contributed by atoms with E-state index < -0.39 is 0 Å². The van der Waals surface area contributed by atoms with Crippen LogP contribution in [0, 0.1) is 0 Å². The molecule has 15 heavy (non-hydrogen) atoms. The van der Waals surface area contributed by atoms with E-state index in [-0.39, 0.29) is 12.1 Å². The fraction of sp³-hybridized carbons (Fsp3) is 0.750. The van der Waals surface area contributed by atoms with E-state index in [1.54, 1.807) is 0 Å². The molecule has 1 saturated heterocycles. The standard InChI is InChI=1S/C12H20N2O/c1-3-9-10(4-2)13-11-7-5-6-8-14(11)12(9)15/h11,13H,3-8H2,1-2H3. The lowest BCUT2D eigenvalue weighted by Gasteiger charge is -2.41. The largest absolute Gasteiger partial charge is 0.368 e. The lowest BCUT2D eigenvalue weighted by atomic mass is 9.99. The van der Waals surface area contributed by atoms with Gasteiger partial charge >= 0.3 is 0 Å². The lowest BCUT2D eigenvalue weighted by molar-refractivity contribution is -0.132. The summed E-state index contributed by atoms with van der Waals surface area (Å²) in [6, 6.07) is 0. The number of hydrogen-bond acceptors (Lipinski definition) is 2. The second kappa shape index (κ2) is 4.25.